The van der Waals surface area contributed by atoms with Crippen LogP contribution in [0.4, 0.5) is 0 Å². The van der Waals surface area contributed by atoms with Crippen LogP contribution in [0.2, 0.25) is 0 Å². The Labute approximate surface area is 334 Å². The molecule has 0 radical (unpaired) electrons. The van der Waals surface area contributed by atoms with Crippen molar-refractivity contribution in [3.63, 3.8) is 0 Å². The van der Waals surface area contributed by atoms with Gasteiger partial charge in [-0.15, -0.1) is 0 Å². The first-order chi connectivity index (χ1) is 27.1. The number of nitrogens with two attached hydrogens (primary N) is 4. The van der Waals surface area contributed by atoms with Crippen LogP contribution in [0.15, 0.2) is 35.5 Å². The van der Waals surface area contributed by atoms with Crippen LogP contribution in [-0.2, 0) is 35.2 Å². The van der Waals surface area contributed by atoms with Crippen molar-refractivity contribution < 1.29 is 33.9 Å². The zero-order valence-electron chi connectivity index (χ0n) is 33.6. The molecule has 1 aromatic carbocycles. The van der Waals surface area contributed by atoms with Crippen molar-refractivity contribution >= 4 is 52.4 Å². The maximum absolute atomic E-state index is 14.2. The third-order valence-corrected chi connectivity index (χ3v) is 10.3. The van der Waals surface area contributed by atoms with Crippen molar-refractivity contribution in [3.8, 4) is 0 Å². The summed E-state index contributed by atoms with van der Waals surface area (Å²) < 4.78 is 0. The van der Waals surface area contributed by atoms with Crippen LogP contribution in [0.3, 0.4) is 0 Å². The zero-order chi connectivity index (χ0) is 42.2. The van der Waals surface area contributed by atoms with Crippen LogP contribution in [0.25, 0.3) is 10.9 Å². The molecule has 1 aliphatic rings. The van der Waals surface area contributed by atoms with Gasteiger partial charge in [-0.2, -0.15) is 0 Å². The van der Waals surface area contributed by atoms with Crippen molar-refractivity contribution in [2.45, 2.75) is 122 Å². The van der Waals surface area contributed by atoms with E-state index in [9.17, 15) is 33.9 Å². The Morgan fingerprint density at radius 2 is 1.63 bits per heavy atom. The number of carbonyl (C=O) groups is 6. The normalized spacial score (nSPS) is 17.2. The number of nitrogens with zero attached hydrogens (tertiary/aromatic N) is 2. The number of nitrogens with one attached hydrogen (secondary N) is 5. The second-order valence-electron chi connectivity index (χ2n) is 15.3. The second-order valence-corrected chi connectivity index (χ2v) is 15.3. The Hall–Kier alpha value is -5.23. The number of aromatic nitrogens is 1. The van der Waals surface area contributed by atoms with E-state index in [2.05, 4.69) is 31.2 Å². The summed E-state index contributed by atoms with van der Waals surface area (Å²) in [6, 6.07) is 1.16. The van der Waals surface area contributed by atoms with E-state index in [1.807, 2.05) is 45.0 Å². The first-order valence-electron chi connectivity index (χ1n) is 19.9. The van der Waals surface area contributed by atoms with Gasteiger partial charge in [-0.3, -0.25) is 29.0 Å². The average Bonchev–Trinajstić information content (AvgIpc) is 3.83. The number of amides is 5. The number of hydrogen-bond acceptors (Lipinski definition) is 9. The molecule has 1 fully saturated rings. The van der Waals surface area contributed by atoms with Gasteiger partial charge in [0.2, 0.25) is 29.5 Å². The molecular weight excluding hydrogens is 734 g/mol. The van der Waals surface area contributed by atoms with Crippen molar-refractivity contribution in [2.75, 3.05) is 19.6 Å². The molecule has 316 valence electrons. The molecule has 7 atom stereocenters. The van der Waals surface area contributed by atoms with Gasteiger partial charge in [-0.1, -0.05) is 52.3 Å². The Bertz CT molecular complexity index is 1710. The van der Waals surface area contributed by atoms with Gasteiger partial charge in [0.15, 0.2) is 5.96 Å². The molecule has 5 amide bonds. The molecule has 0 unspecified atom stereocenters. The minimum Gasteiger partial charge on any atom is -0.480 e. The Kier molecular flexibility index (Phi) is 18.2. The molecule has 2 aromatic rings. The number of carboxylic acid groups (broad SMARTS) is 1. The standard InChI is InChI=1S/C39H63N11O7/c1-5-23(4)32(36(54)48-30(38(56)57)19-22(2)3)49-34(52)29(20-24-21-45-27-13-7-6-11-25(24)27)47-35(53)31-15-10-18-50(31)37(55)28(14-8-16-40)46-33(51)26(41)12-9-17-44-39(42)43/h6-7,11,13,21-23,26,28-32,45H,5,8-10,12,14-20,40-41H2,1-4H3,(H,46,51)(H,47,53)(H,48,54)(H,49,52)(H,56,57)(H4,42,43,44)/t23-,26-,28-,29-,30-,31-,32-/m0/s1. The molecule has 0 bridgehead atoms. The minimum atomic E-state index is -1.19. The average molecular weight is 798 g/mol. The molecular formula is C39H63N11O7. The maximum Gasteiger partial charge on any atom is 0.326 e. The van der Waals surface area contributed by atoms with Crippen molar-refractivity contribution in [1.82, 2.24) is 31.2 Å². The van der Waals surface area contributed by atoms with E-state index in [-0.39, 0.29) is 63.1 Å². The molecule has 0 aliphatic carbocycles. The number of para-hydroxylation sites is 1. The number of carbonyl (C=O) groups excluding carboxylic acids is 5. The zero-order valence-corrected chi connectivity index (χ0v) is 33.6. The molecule has 18 heteroatoms. The third-order valence-electron chi connectivity index (χ3n) is 10.3. The molecule has 1 saturated heterocycles. The smallest absolute Gasteiger partial charge is 0.326 e. The van der Waals surface area contributed by atoms with Gasteiger partial charge in [-0.05, 0) is 75.0 Å². The number of guanidine groups is 1. The van der Waals surface area contributed by atoms with Crippen molar-refractivity contribution in [1.29, 1.82) is 0 Å². The highest BCUT2D eigenvalue weighted by molar-refractivity contribution is 5.97. The summed E-state index contributed by atoms with van der Waals surface area (Å²) in [5.74, 6) is -4.53. The van der Waals surface area contributed by atoms with Gasteiger partial charge in [-0.25, -0.2) is 4.79 Å². The third kappa shape index (κ3) is 13.7. The van der Waals surface area contributed by atoms with E-state index in [0.29, 0.717) is 32.1 Å². The highest BCUT2D eigenvalue weighted by Crippen LogP contribution is 2.23. The van der Waals surface area contributed by atoms with E-state index in [0.717, 1.165) is 16.5 Å². The molecule has 1 aromatic heterocycles. The highest BCUT2D eigenvalue weighted by Gasteiger charge is 2.40. The van der Waals surface area contributed by atoms with Crippen LogP contribution in [-0.4, -0.2) is 112 Å². The van der Waals surface area contributed by atoms with Crippen molar-refractivity contribution in [2.24, 2.45) is 39.8 Å². The number of carboxylic acids is 1. The number of likely N-dealkylation sites (tertiary alicyclic amines) is 1. The van der Waals surface area contributed by atoms with Crippen LogP contribution < -0.4 is 44.2 Å². The summed E-state index contributed by atoms with van der Waals surface area (Å²) in [7, 11) is 0. The molecule has 14 N–H and O–H groups in total. The summed E-state index contributed by atoms with van der Waals surface area (Å²) in [6.45, 7) is 8.12. The number of rotatable bonds is 23. The monoisotopic (exact) mass is 797 g/mol. The number of fused-ring (bicyclic) bond motifs is 1. The second kappa shape index (κ2) is 22.5. The van der Waals surface area contributed by atoms with Crippen molar-refractivity contribution in [3.05, 3.63) is 36.0 Å². The van der Waals surface area contributed by atoms with Crippen LogP contribution in [0.1, 0.15) is 84.6 Å². The fourth-order valence-corrected chi connectivity index (χ4v) is 6.92. The lowest BCUT2D eigenvalue weighted by atomic mass is 9.96. The lowest BCUT2D eigenvalue weighted by Crippen LogP contribution is -2.60. The summed E-state index contributed by atoms with van der Waals surface area (Å²) in [4.78, 5) is 89.6. The topological polar surface area (TPSA) is 306 Å². The highest BCUT2D eigenvalue weighted by atomic mass is 16.4. The van der Waals surface area contributed by atoms with E-state index >= 15 is 0 Å². The van der Waals surface area contributed by atoms with Gasteiger partial charge in [0.05, 0.1) is 6.04 Å². The fraction of sp³-hybridized carbons (Fsp3) is 0.615. The summed E-state index contributed by atoms with van der Waals surface area (Å²) >= 11 is 0. The van der Waals surface area contributed by atoms with Gasteiger partial charge in [0.1, 0.15) is 30.2 Å². The van der Waals surface area contributed by atoms with Gasteiger partial charge in [0.25, 0.3) is 0 Å². The lowest BCUT2D eigenvalue weighted by Gasteiger charge is -2.31. The Morgan fingerprint density at radius 1 is 0.930 bits per heavy atom. The van der Waals surface area contributed by atoms with E-state index in [1.165, 1.54) is 4.90 Å². The van der Waals surface area contributed by atoms with Gasteiger partial charge in [0, 0.05) is 36.6 Å². The van der Waals surface area contributed by atoms with Crippen LogP contribution >= 0.6 is 0 Å². The van der Waals surface area contributed by atoms with Gasteiger partial charge < -0.3 is 59.2 Å². The van der Waals surface area contributed by atoms with Gasteiger partial charge >= 0.3 is 5.97 Å². The number of H-pyrrole nitrogens is 1. The summed E-state index contributed by atoms with van der Waals surface area (Å²) in [6.07, 6.45) is 4.64. The Morgan fingerprint density at radius 3 is 2.28 bits per heavy atom. The number of hydrogen-bond donors (Lipinski definition) is 10. The Balaban J connectivity index is 1.86. The molecule has 0 spiro atoms. The summed E-state index contributed by atoms with van der Waals surface area (Å²) in [5, 5.41) is 21.7. The largest absolute Gasteiger partial charge is 0.480 e. The predicted octanol–water partition coefficient (Wildman–Crippen LogP) is -0.0628. The molecule has 18 nitrogen and oxygen atoms in total. The maximum atomic E-state index is 14.2. The molecule has 2 heterocycles. The summed E-state index contributed by atoms with van der Waals surface area (Å²) in [5.41, 5.74) is 24.2. The number of aliphatic imine (C=N–C) groups is 1. The SMILES string of the molecule is CC[C@H](C)[C@H](NC(=O)[C@H](Cc1c[nH]c2ccccc12)NC(=O)[C@@H]1CCCN1C(=O)[C@H](CCCN)NC(=O)[C@@H](N)CCCN=C(N)N)C(=O)N[C@@H](CC(C)C)C(=O)O. The van der Waals surface area contributed by atoms with Crippen LogP contribution in [0.5, 0.6) is 0 Å². The lowest BCUT2D eigenvalue weighted by molar-refractivity contribution is -0.143. The first-order valence-corrected chi connectivity index (χ1v) is 19.9. The molecule has 57 heavy (non-hydrogen) atoms. The number of aliphatic carboxylic acids is 1. The molecule has 1 aliphatic heterocycles. The number of aromatic amines is 1. The minimum absolute atomic E-state index is 0.0153. The van der Waals surface area contributed by atoms with Crippen LogP contribution in [0, 0.1) is 11.8 Å². The predicted molar refractivity (Wildman–Crippen MR) is 217 cm³/mol. The first kappa shape index (κ1) is 46.2. The molecule has 3 rings (SSSR count). The molecule has 0 saturated carbocycles. The van der Waals surface area contributed by atoms with E-state index in [4.69, 9.17) is 22.9 Å². The number of benzene rings is 1. The van der Waals surface area contributed by atoms with E-state index < -0.39 is 71.8 Å². The quantitative estimate of drug-likeness (QED) is 0.0403. The van der Waals surface area contributed by atoms with E-state index in [1.54, 1.807) is 13.1 Å². The fourth-order valence-electron chi connectivity index (χ4n) is 6.92.